The van der Waals surface area contributed by atoms with Gasteiger partial charge >= 0.3 is 6.18 Å². The molecular formula is C13H14ClF3N4S. The predicted molar refractivity (Wildman–Crippen MR) is 80.2 cm³/mol. The first-order valence-corrected chi connectivity index (χ1v) is 7.92. The minimum Gasteiger partial charge on any atom is -0.351 e. The Kier molecular flexibility index (Phi) is 5.57. The minimum atomic E-state index is -4.65. The molecule has 1 unspecified atom stereocenters. The number of halogens is 4. The van der Waals surface area contributed by atoms with Gasteiger partial charge in [0.15, 0.2) is 0 Å². The Hall–Kier alpha value is -1.41. The molecule has 2 heterocycles. The number of rotatable bonds is 6. The first kappa shape index (κ1) is 17.0. The van der Waals surface area contributed by atoms with Gasteiger partial charge in [0.1, 0.15) is 0 Å². The van der Waals surface area contributed by atoms with Gasteiger partial charge in [0.05, 0.1) is 0 Å². The maximum atomic E-state index is 12.7. The molecule has 0 aliphatic carbocycles. The molecule has 0 radical (unpaired) electrons. The Morgan fingerprint density at radius 1 is 1.32 bits per heavy atom. The van der Waals surface area contributed by atoms with Crippen LogP contribution in [0.4, 0.5) is 19.1 Å². The zero-order chi connectivity index (χ0) is 16.2. The van der Waals surface area contributed by atoms with E-state index in [2.05, 4.69) is 20.3 Å². The molecule has 2 rings (SSSR count). The minimum absolute atomic E-state index is 0.0401. The smallest absolute Gasteiger partial charge is 0.351 e. The topological polar surface area (TPSA) is 50.7 Å². The maximum absolute atomic E-state index is 12.7. The van der Waals surface area contributed by atoms with Gasteiger partial charge in [0.25, 0.3) is 0 Å². The molecule has 9 heteroatoms. The molecule has 1 atom stereocenters. The fraction of sp³-hybridized carbons (Fsp3) is 0.462. The maximum Gasteiger partial charge on any atom is 0.451 e. The van der Waals surface area contributed by atoms with E-state index in [1.807, 2.05) is 24.4 Å². The van der Waals surface area contributed by atoms with E-state index in [1.54, 1.807) is 11.3 Å². The van der Waals surface area contributed by atoms with E-state index in [0.717, 1.165) is 19.3 Å². The van der Waals surface area contributed by atoms with Crippen LogP contribution in [-0.4, -0.2) is 21.0 Å². The number of nitrogens with zero attached hydrogens (tertiary/aromatic N) is 3. The van der Waals surface area contributed by atoms with Crippen molar-refractivity contribution in [1.82, 2.24) is 15.0 Å². The second-order valence-electron chi connectivity index (χ2n) is 4.62. The lowest BCUT2D eigenvalue weighted by molar-refractivity contribution is -0.145. The first-order chi connectivity index (χ1) is 10.4. The highest BCUT2D eigenvalue weighted by Gasteiger charge is 2.35. The Balaban J connectivity index is 2.05. The zero-order valence-corrected chi connectivity index (χ0v) is 13.3. The first-order valence-electron chi connectivity index (χ1n) is 6.66. The van der Waals surface area contributed by atoms with Crippen LogP contribution in [0, 0.1) is 0 Å². The number of thiophene rings is 1. The van der Waals surface area contributed by atoms with Gasteiger partial charge in [-0.15, -0.1) is 11.3 Å². The second kappa shape index (κ2) is 7.23. The van der Waals surface area contributed by atoms with Crippen molar-refractivity contribution in [1.29, 1.82) is 0 Å². The summed E-state index contributed by atoms with van der Waals surface area (Å²) in [7, 11) is 0. The molecule has 0 bridgehead atoms. The number of hydrogen-bond acceptors (Lipinski definition) is 5. The highest BCUT2D eigenvalue weighted by Crippen LogP contribution is 2.27. The molecule has 0 aliphatic heterocycles. The van der Waals surface area contributed by atoms with Crippen LogP contribution in [0.2, 0.25) is 5.28 Å². The van der Waals surface area contributed by atoms with Gasteiger partial charge in [-0.25, -0.2) is 0 Å². The molecule has 0 saturated carbocycles. The van der Waals surface area contributed by atoms with Crippen molar-refractivity contribution in [3.05, 3.63) is 33.5 Å². The lowest BCUT2D eigenvalue weighted by Crippen LogP contribution is -2.22. The van der Waals surface area contributed by atoms with Crippen LogP contribution in [0.15, 0.2) is 17.5 Å². The molecule has 0 aromatic carbocycles. The van der Waals surface area contributed by atoms with Gasteiger partial charge in [-0.1, -0.05) is 13.0 Å². The van der Waals surface area contributed by atoms with Gasteiger partial charge < -0.3 is 5.32 Å². The van der Waals surface area contributed by atoms with Crippen LogP contribution in [0.1, 0.15) is 30.5 Å². The molecule has 0 fully saturated rings. The summed E-state index contributed by atoms with van der Waals surface area (Å²) in [5, 5.41) is 4.42. The van der Waals surface area contributed by atoms with Gasteiger partial charge in [0.2, 0.25) is 17.1 Å². The van der Waals surface area contributed by atoms with E-state index in [4.69, 9.17) is 11.6 Å². The normalized spacial score (nSPS) is 13.1. The summed E-state index contributed by atoms with van der Waals surface area (Å²) in [5.74, 6) is -1.44. The van der Waals surface area contributed by atoms with E-state index < -0.39 is 17.3 Å². The summed E-state index contributed by atoms with van der Waals surface area (Å²) in [5.41, 5.74) is 0. The van der Waals surface area contributed by atoms with Crippen molar-refractivity contribution in [3.8, 4) is 0 Å². The Morgan fingerprint density at radius 2 is 2.09 bits per heavy atom. The summed E-state index contributed by atoms with van der Waals surface area (Å²) in [4.78, 5) is 11.4. The average Bonchev–Trinajstić information content (AvgIpc) is 2.95. The standard InChI is InChI=1S/C13H14ClF3N4S/c1-2-8(5-6-9-4-3-7-22-9)18-12-20-10(13(15,16)17)19-11(14)21-12/h3-4,7-8H,2,5-6H2,1H3,(H,18,19,20,21). The Bertz CT molecular complexity index is 604. The van der Waals surface area contributed by atoms with Crippen LogP contribution < -0.4 is 5.32 Å². The molecule has 120 valence electrons. The quantitative estimate of drug-likeness (QED) is 0.837. The van der Waals surface area contributed by atoms with E-state index in [9.17, 15) is 13.2 Å². The molecule has 0 spiro atoms. The van der Waals surface area contributed by atoms with Crippen molar-refractivity contribution in [2.75, 3.05) is 5.32 Å². The van der Waals surface area contributed by atoms with E-state index in [1.165, 1.54) is 4.88 Å². The summed E-state index contributed by atoms with van der Waals surface area (Å²) >= 11 is 7.19. The van der Waals surface area contributed by atoms with Crippen LogP contribution in [0.5, 0.6) is 0 Å². The summed E-state index contributed by atoms with van der Waals surface area (Å²) in [6, 6.07) is 3.95. The number of alkyl halides is 3. The molecule has 22 heavy (non-hydrogen) atoms. The number of hydrogen-bond donors (Lipinski definition) is 1. The summed E-state index contributed by atoms with van der Waals surface area (Å²) in [6.45, 7) is 1.94. The zero-order valence-electron chi connectivity index (χ0n) is 11.7. The molecule has 0 amide bonds. The lowest BCUT2D eigenvalue weighted by atomic mass is 10.1. The third-order valence-corrected chi connectivity index (χ3v) is 4.11. The van der Waals surface area contributed by atoms with Gasteiger partial charge in [-0.2, -0.15) is 28.1 Å². The number of aromatic nitrogens is 3. The Morgan fingerprint density at radius 3 is 2.68 bits per heavy atom. The lowest BCUT2D eigenvalue weighted by Gasteiger charge is -2.17. The third-order valence-electron chi connectivity index (χ3n) is 3.01. The van der Waals surface area contributed by atoms with Gasteiger partial charge in [-0.3, -0.25) is 0 Å². The number of aryl methyl sites for hydroxylation is 1. The molecule has 0 aliphatic rings. The van der Waals surface area contributed by atoms with Crippen molar-refractivity contribution >= 4 is 28.9 Å². The van der Waals surface area contributed by atoms with Crippen LogP contribution in [0.3, 0.4) is 0 Å². The van der Waals surface area contributed by atoms with Gasteiger partial charge in [-0.05, 0) is 42.3 Å². The molecule has 1 N–H and O–H groups in total. The second-order valence-corrected chi connectivity index (χ2v) is 5.99. The van der Waals surface area contributed by atoms with Gasteiger partial charge in [0, 0.05) is 10.9 Å². The Labute approximate surface area is 134 Å². The van der Waals surface area contributed by atoms with Crippen molar-refractivity contribution in [2.45, 2.75) is 38.4 Å². The highest BCUT2D eigenvalue weighted by molar-refractivity contribution is 7.09. The van der Waals surface area contributed by atoms with Crippen LogP contribution in [-0.2, 0) is 12.6 Å². The van der Waals surface area contributed by atoms with Crippen molar-refractivity contribution in [3.63, 3.8) is 0 Å². The SMILES string of the molecule is CCC(CCc1cccs1)Nc1nc(Cl)nc(C(F)(F)F)n1. The van der Waals surface area contributed by atoms with Crippen molar-refractivity contribution < 1.29 is 13.2 Å². The monoisotopic (exact) mass is 350 g/mol. The van der Waals surface area contributed by atoms with E-state index in [-0.39, 0.29) is 12.0 Å². The highest BCUT2D eigenvalue weighted by atomic mass is 35.5. The summed E-state index contributed by atoms with van der Waals surface area (Å²) < 4.78 is 38.0. The predicted octanol–water partition coefficient (Wildman–Crippen LogP) is 4.43. The van der Waals surface area contributed by atoms with Crippen molar-refractivity contribution in [2.24, 2.45) is 0 Å². The fourth-order valence-corrected chi connectivity index (χ4v) is 2.76. The third kappa shape index (κ3) is 4.81. The molecule has 4 nitrogen and oxygen atoms in total. The van der Waals surface area contributed by atoms with Crippen LogP contribution >= 0.6 is 22.9 Å². The molecular weight excluding hydrogens is 337 g/mol. The van der Waals surface area contributed by atoms with Crippen LogP contribution in [0.25, 0.3) is 0 Å². The summed E-state index contributed by atoms with van der Waals surface area (Å²) in [6.07, 6.45) is -2.31. The fourth-order valence-electron chi connectivity index (χ4n) is 1.87. The largest absolute Gasteiger partial charge is 0.451 e. The van der Waals surface area contributed by atoms with E-state index >= 15 is 0 Å². The molecule has 2 aromatic heterocycles. The molecule has 2 aromatic rings. The number of nitrogens with one attached hydrogen (secondary N) is 1. The van der Waals surface area contributed by atoms with E-state index in [0.29, 0.717) is 0 Å². The number of anilines is 1. The molecule has 0 saturated heterocycles. The average molecular weight is 351 g/mol.